The van der Waals surface area contributed by atoms with Gasteiger partial charge in [0.05, 0.1) is 5.54 Å². The van der Waals surface area contributed by atoms with Gasteiger partial charge in [-0.25, -0.2) is 0 Å². The van der Waals surface area contributed by atoms with Crippen LogP contribution in [0.5, 0.6) is 0 Å². The lowest BCUT2D eigenvalue weighted by atomic mass is 9.84. The van der Waals surface area contributed by atoms with E-state index in [-0.39, 0.29) is 5.54 Å². The third-order valence-corrected chi connectivity index (χ3v) is 4.39. The third kappa shape index (κ3) is 2.56. The highest BCUT2D eigenvalue weighted by atomic mass is 15.2. The smallest absolute Gasteiger partial charge is 0.0561 e. The van der Waals surface area contributed by atoms with Crippen molar-refractivity contribution in [1.82, 2.24) is 0 Å². The summed E-state index contributed by atoms with van der Waals surface area (Å²) < 4.78 is 0. The molecule has 0 bridgehead atoms. The molecular formula is C18H27N. The minimum absolute atomic E-state index is 0.0999. The number of nitrogens with zero attached hydrogens (tertiary/aromatic N) is 1. The van der Waals surface area contributed by atoms with Crippen molar-refractivity contribution in [2.45, 2.75) is 59.5 Å². The minimum atomic E-state index is 0.0999. The van der Waals surface area contributed by atoms with Crippen molar-refractivity contribution < 1.29 is 0 Å². The van der Waals surface area contributed by atoms with Crippen molar-refractivity contribution in [3.63, 3.8) is 0 Å². The van der Waals surface area contributed by atoms with Crippen molar-refractivity contribution in [2.75, 3.05) is 4.90 Å². The molecule has 0 saturated heterocycles. The van der Waals surface area contributed by atoms with E-state index in [2.05, 4.69) is 76.8 Å². The fraction of sp³-hybridized carbons (Fsp3) is 0.556. The Morgan fingerprint density at radius 2 is 1.74 bits per heavy atom. The number of rotatable bonds is 3. The largest absolute Gasteiger partial charge is 0.359 e. The zero-order chi connectivity index (χ0) is 14.2. The van der Waals surface area contributed by atoms with E-state index in [1.807, 2.05) is 0 Å². The lowest BCUT2D eigenvalue weighted by molar-refractivity contribution is 0.414. The molecule has 0 fully saturated rings. The van der Waals surface area contributed by atoms with E-state index < -0.39 is 0 Å². The van der Waals surface area contributed by atoms with Gasteiger partial charge in [0.25, 0.3) is 0 Å². The zero-order valence-corrected chi connectivity index (χ0v) is 13.2. The van der Waals surface area contributed by atoms with Gasteiger partial charge in [-0.15, -0.1) is 0 Å². The summed E-state index contributed by atoms with van der Waals surface area (Å²) in [5, 5.41) is 0. The standard InChI is InChI=1S/C18H27N/c1-13(2)11-15(4)19-17-10-8-7-9-16(17)12-14(3)18(19,5)6/h7-10,12-13,15H,11H2,1-6H3. The number of benzene rings is 1. The van der Waals surface area contributed by atoms with Crippen LogP contribution in [0, 0.1) is 5.92 Å². The molecule has 0 saturated carbocycles. The van der Waals surface area contributed by atoms with Gasteiger partial charge in [-0.1, -0.05) is 38.1 Å². The van der Waals surface area contributed by atoms with Crippen LogP contribution in [-0.4, -0.2) is 11.6 Å². The Hall–Kier alpha value is -1.24. The number of para-hydroxylation sites is 1. The molecule has 104 valence electrons. The van der Waals surface area contributed by atoms with Crippen molar-refractivity contribution in [1.29, 1.82) is 0 Å². The maximum Gasteiger partial charge on any atom is 0.0561 e. The molecule has 1 heteroatoms. The topological polar surface area (TPSA) is 3.24 Å². The Morgan fingerprint density at radius 1 is 1.11 bits per heavy atom. The van der Waals surface area contributed by atoms with E-state index in [0.29, 0.717) is 6.04 Å². The van der Waals surface area contributed by atoms with Gasteiger partial charge in [-0.3, -0.25) is 0 Å². The van der Waals surface area contributed by atoms with Gasteiger partial charge in [0.2, 0.25) is 0 Å². The van der Waals surface area contributed by atoms with E-state index in [1.165, 1.54) is 23.2 Å². The summed E-state index contributed by atoms with van der Waals surface area (Å²) in [6.07, 6.45) is 3.57. The van der Waals surface area contributed by atoms with E-state index in [1.54, 1.807) is 0 Å². The first-order valence-corrected chi connectivity index (χ1v) is 7.41. The second-order valence-electron chi connectivity index (χ2n) is 6.79. The lowest BCUT2D eigenvalue weighted by Crippen LogP contribution is -2.52. The van der Waals surface area contributed by atoms with Crippen LogP contribution in [0.3, 0.4) is 0 Å². The molecular weight excluding hydrogens is 230 g/mol. The summed E-state index contributed by atoms with van der Waals surface area (Å²) in [5.74, 6) is 0.726. The number of hydrogen-bond donors (Lipinski definition) is 0. The van der Waals surface area contributed by atoms with Crippen LogP contribution in [0.2, 0.25) is 0 Å². The van der Waals surface area contributed by atoms with Crippen LogP contribution in [0.15, 0.2) is 29.8 Å². The Balaban J connectivity index is 2.47. The second-order valence-corrected chi connectivity index (χ2v) is 6.79. The monoisotopic (exact) mass is 257 g/mol. The van der Waals surface area contributed by atoms with Crippen molar-refractivity contribution in [2.24, 2.45) is 5.92 Å². The van der Waals surface area contributed by atoms with Gasteiger partial charge in [0.1, 0.15) is 0 Å². The molecule has 0 radical (unpaired) electrons. The quantitative estimate of drug-likeness (QED) is 0.726. The molecule has 2 rings (SSSR count). The van der Waals surface area contributed by atoms with Crippen molar-refractivity contribution in [3.05, 3.63) is 35.4 Å². The average Bonchev–Trinajstić information content (AvgIpc) is 2.29. The van der Waals surface area contributed by atoms with Gasteiger partial charge < -0.3 is 4.90 Å². The summed E-state index contributed by atoms with van der Waals surface area (Å²) in [7, 11) is 0. The molecule has 1 aromatic carbocycles. The molecule has 1 aliphatic rings. The fourth-order valence-corrected chi connectivity index (χ4v) is 3.31. The van der Waals surface area contributed by atoms with E-state index in [0.717, 1.165) is 5.92 Å². The van der Waals surface area contributed by atoms with Crippen LogP contribution < -0.4 is 4.90 Å². The van der Waals surface area contributed by atoms with Crippen LogP contribution in [0.1, 0.15) is 53.5 Å². The third-order valence-electron chi connectivity index (χ3n) is 4.39. The Labute approximate surface area is 118 Å². The number of anilines is 1. The molecule has 0 aliphatic carbocycles. The number of hydrogen-bond acceptors (Lipinski definition) is 1. The molecule has 1 atom stereocenters. The summed E-state index contributed by atoms with van der Waals surface area (Å²) in [6.45, 7) is 13.9. The molecule has 0 N–H and O–H groups in total. The Morgan fingerprint density at radius 3 is 2.37 bits per heavy atom. The fourth-order valence-electron chi connectivity index (χ4n) is 3.31. The first-order chi connectivity index (χ1) is 8.84. The zero-order valence-electron chi connectivity index (χ0n) is 13.2. The van der Waals surface area contributed by atoms with E-state index in [4.69, 9.17) is 0 Å². The Bertz CT molecular complexity index is 482. The highest BCUT2D eigenvalue weighted by Crippen LogP contribution is 2.40. The molecule has 1 nitrogen and oxygen atoms in total. The first-order valence-electron chi connectivity index (χ1n) is 7.41. The molecule has 0 aromatic heterocycles. The average molecular weight is 257 g/mol. The molecule has 1 heterocycles. The van der Waals surface area contributed by atoms with E-state index >= 15 is 0 Å². The van der Waals surface area contributed by atoms with Gasteiger partial charge in [0.15, 0.2) is 0 Å². The van der Waals surface area contributed by atoms with Crippen molar-refractivity contribution >= 4 is 11.8 Å². The SMILES string of the molecule is CC1=Cc2ccccc2N(C(C)CC(C)C)C1(C)C. The number of fused-ring (bicyclic) bond motifs is 1. The molecule has 1 unspecified atom stereocenters. The highest BCUT2D eigenvalue weighted by molar-refractivity contribution is 5.76. The van der Waals surface area contributed by atoms with Crippen LogP contribution in [0.25, 0.3) is 6.08 Å². The van der Waals surface area contributed by atoms with Crippen LogP contribution in [0.4, 0.5) is 5.69 Å². The maximum atomic E-state index is 2.61. The predicted molar refractivity (Wildman–Crippen MR) is 85.6 cm³/mol. The summed E-state index contributed by atoms with van der Waals surface area (Å²) in [5.41, 5.74) is 4.28. The minimum Gasteiger partial charge on any atom is -0.359 e. The van der Waals surface area contributed by atoms with Gasteiger partial charge in [-0.2, -0.15) is 0 Å². The molecule has 1 aromatic rings. The molecule has 0 spiro atoms. The predicted octanol–water partition coefficient (Wildman–Crippen LogP) is 5.12. The molecule has 1 aliphatic heterocycles. The molecule has 19 heavy (non-hydrogen) atoms. The second kappa shape index (κ2) is 5.03. The van der Waals surface area contributed by atoms with Crippen molar-refractivity contribution in [3.8, 4) is 0 Å². The summed E-state index contributed by atoms with van der Waals surface area (Å²) in [6, 6.07) is 9.32. The molecule has 0 amide bonds. The van der Waals surface area contributed by atoms with Gasteiger partial charge in [-0.05, 0) is 57.2 Å². The maximum absolute atomic E-state index is 2.61. The summed E-state index contributed by atoms with van der Waals surface area (Å²) in [4.78, 5) is 2.61. The van der Waals surface area contributed by atoms with Crippen LogP contribution in [-0.2, 0) is 0 Å². The van der Waals surface area contributed by atoms with Gasteiger partial charge in [0, 0.05) is 11.7 Å². The highest BCUT2D eigenvalue weighted by Gasteiger charge is 2.36. The van der Waals surface area contributed by atoms with E-state index in [9.17, 15) is 0 Å². The summed E-state index contributed by atoms with van der Waals surface area (Å²) >= 11 is 0. The normalized spacial score (nSPS) is 19.1. The lowest BCUT2D eigenvalue weighted by Gasteiger charge is -2.49. The van der Waals surface area contributed by atoms with Crippen LogP contribution >= 0.6 is 0 Å². The first kappa shape index (κ1) is 14.2. The van der Waals surface area contributed by atoms with Gasteiger partial charge >= 0.3 is 0 Å². The Kier molecular flexibility index (Phi) is 3.75.